The fraction of sp³-hybridized carbons (Fsp3) is 0.312. The van der Waals surface area contributed by atoms with Crippen LogP contribution in [0.15, 0.2) is 35.9 Å². The first-order chi connectivity index (χ1) is 9.46. The average Bonchev–Trinajstić information content (AvgIpc) is 2.67. The molecule has 1 aromatic rings. The fourth-order valence-electron chi connectivity index (χ4n) is 3.03. The van der Waals surface area contributed by atoms with Gasteiger partial charge in [-0.25, -0.2) is 0 Å². The number of hydrogen-bond donors (Lipinski definition) is 0. The Labute approximate surface area is 115 Å². The fourth-order valence-corrected chi connectivity index (χ4v) is 3.03. The monoisotopic (exact) mass is 276 g/mol. The Morgan fingerprint density at radius 3 is 2.85 bits per heavy atom. The zero-order valence-corrected chi connectivity index (χ0v) is 11.2. The van der Waals surface area contributed by atoms with Crippen LogP contribution in [0.3, 0.4) is 0 Å². The van der Waals surface area contributed by atoms with Gasteiger partial charge < -0.3 is 4.74 Å². The number of carbonyl (C=O) groups excluding carboxylic acids is 1. The van der Waals surface area contributed by atoms with Gasteiger partial charge in [0.1, 0.15) is 0 Å². The summed E-state index contributed by atoms with van der Waals surface area (Å²) in [5.74, 6) is -3.85. The van der Waals surface area contributed by atoms with E-state index in [-0.39, 0.29) is 17.6 Å². The summed E-state index contributed by atoms with van der Waals surface area (Å²) in [7, 11) is 1.31. The Hall–Kier alpha value is -1.97. The van der Waals surface area contributed by atoms with Crippen molar-refractivity contribution in [1.29, 1.82) is 0 Å². The lowest BCUT2D eigenvalue weighted by Crippen LogP contribution is -2.18. The number of carbonyl (C=O) groups is 1. The molecule has 2 aliphatic rings. The molecule has 1 unspecified atom stereocenters. The summed E-state index contributed by atoms with van der Waals surface area (Å²) in [6.45, 7) is 1.82. The summed E-state index contributed by atoms with van der Waals surface area (Å²) < 4.78 is 33.6. The van der Waals surface area contributed by atoms with Gasteiger partial charge in [0.15, 0.2) is 0 Å². The summed E-state index contributed by atoms with van der Waals surface area (Å²) in [6, 6.07) is 4.92. The molecule has 3 rings (SSSR count). The molecule has 1 aromatic carbocycles. The highest BCUT2D eigenvalue weighted by atomic mass is 19.3. The van der Waals surface area contributed by atoms with Crippen LogP contribution in [0.4, 0.5) is 8.78 Å². The third kappa shape index (κ3) is 1.64. The standard InChI is InChI=1S/C16H14F2O2/c1-9-4-3-5-13-14(9)11-8-10(15(19)20-2)6-7-12(11)16(13,17)18/h3-7,10H,8H2,1-2H3. The Morgan fingerprint density at radius 1 is 1.40 bits per heavy atom. The van der Waals surface area contributed by atoms with Crippen molar-refractivity contribution in [3.05, 3.63) is 52.6 Å². The van der Waals surface area contributed by atoms with Crippen molar-refractivity contribution >= 4 is 11.5 Å². The zero-order chi connectivity index (χ0) is 14.5. The predicted molar refractivity (Wildman–Crippen MR) is 71.3 cm³/mol. The van der Waals surface area contributed by atoms with E-state index in [9.17, 15) is 13.6 Å². The highest BCUT2D eigenvalue weighted by Crippen LogP contribution is 2.53. The van der Waals surface area contributed by atoms with Gasteiger partial charge in [-0.1, -0.05) is 30.4 Å². The number of allylic oxidation sites excluding steroid dienone is 3. The molecule has 0 N–H and O–H groups in total. The quantitative estimate of drug-likeness (QED) is 0.732. The van der Waals surface area contributed by atoms with Crippen LogP contribution < -0.4 is 0 Å². The number of aryl methyl sites for hydroxylation is 1. The van der Waals surface area contributed by atoms with Gasteiger partial charge in [0.25, 0.3) is 5.92 Å². The molecule has 0 aromatic heterocycles. The summed E-state index contributed by atoms with van der Waals surface area (Å²) >= 11 is 0. The second kappa shape index (κ2) is 4.27. The summed E-state index contributed by atoms with van der Waals surface area (Å²) in [5.41, 5.74) is 2.03. The molecule has 0 aliphatic heterocycles. The molecule has 20 heavy (non-hydrogen) atoms. The topological polar surface area (TPSA) is 26.3 Å². The van der Waals surface area contributed by atoms with E-state index in [2.05, 4.69) is 0 Å². The smallest absolute Gasteiger partial charge is 0.312 e. The molecule has 4 heteroatoms. The molecule has 0 heterocycles. The minimum absolute atomic E-state index is 0.0157. The Balaban J connectivity index is 2.13. The van der Waals surface area contributed by atoms with Crippen molar-refractivity contribution in [3.63, 3.8) is 0 Å². The zero-order valence-electron chi connectivity index (χ0n) is 11.2. The minimum Gasteiger partial charge on any atom is -0.469 e. The Kier molecular flexibility index (Phi) is 2.78. The van der Waals surface area contributed by atoms with Crippen LogP contribution in [-0.4, -0.2) is 13.1 Å². The summed E-state index contributed by atoms with van der Waals surface area (Å²) in [5, 5.41) is 0. The van der Waals surface area contributed by atoms with Gasteiger partial charge in [0.05, 0.1) is 13.0 Å². The van der Waals surface area contributed by atoms with E-state index in [0.717, 1.165) is 5.56 Å². The molecule has 104 valence electrons. The number of halogens is 2. The van der Waals surface area contributed by atoms with Crippen molar-refractivity contribution in [2.45, 2.75) is 19.3 Å². The molecular formula is C16H14F2O2. The van der Waals surface area contributed by atoms with Gasteiger partial charge in [-0.2, -0.15) is 8.78 Å². The third-order valence-electron chi connectivity index (χ3n) is 4.00. The highest BCUT2D eigenvalue weighted by molar-refractivity contribution is 5.88. The summed E-state index contributed by atoms with van der Waals surface area (Å²) in [6.07, 6.45) is 3.16. The van der Waals surface area contributed by atoms with Crippen molar-refractivity contribution in [2.24, 2.45) is 5.92 Å². The normalized spacial score (nSPS) is 22.5. The van der Waals surface area contributed by atoms with Crippen molar-refractivity contribution < 1.29 is 18.3 Å². The molecule has 0 amide bonds. The molecular weight excluding hydrogens is 262 g/mol. The number of benzene rings is 1. The van der Waals surface area contributed by atoms with E-state index in [1.807, 2.05) is 13.0 Å². The number of methoxy groups -OCH3 is 1. The van der Waals surface area contributed by atoms with E-state index in [4.69, 9.17) is 4.74 Å². The van der Waals surface area contributed by atoms with E-state index in [0.29, 0.717) is 11.1 Å². The summed E-state index contributed by atoms with van der Waals surface area (Å²) in [4.78, 5) is 11.6. The molecule has 0 fully saturated rings. The van der Waals surface area contributed by atoms with Gasteiger partial charge in [-0.05, 0) is 30.0 Å². The minimum atomic E-state index is -2.98. The van der Waals surface area contributed by atoms with Crippen molar-refractivity contribution in [2.75, 3.05) is 7.11 Å². The van der Waals surface area contributed by atoms with Crippen LogP contribution in [-0.2, 0) is 15.5 Å². The van der Waals surface area contributed by atoms with Crippen LogP contribution >= 0.6 is 0 Å². The van der Waals surface area contributed by atoms with E-state index < -0.39 is 17.8 Å². The van der Waals surface area contributed by atoms with Gasteiger partial charge in [0, 0.05) is 11.1 Å². The lowest BCUT2D eigenvalue weighted by Gasteiger charge is -2.19. The van der Waals surface area contributed by atoms with Crippen LogP contribution in [0.25, 0.3) is 5.57 Å². The molecule has 2 aliphatic carbocycles. The first-order valence-corrected chi connectivity index (χ1v) is 6.44. The van der Waals surface area contributed by atoms with Gasteiger partial charge in [0.2, 0.25) is 0 Å². The number of alkyl halides is 2. The lowest BCUT2D eigenvalue weighted by atomic mass is 9.87. The Morgan fingerprint density at radius 2 is 2.15 bits per heavy atom. The number of rotatable bonds is 1. The first-order valence-electron chi connectivity index (χ1n) is 6.44. The van der Waals surface area contributed by atoms with Crippen LogP contribution in [0.5, 0.6) is 0 Å². The number of ether oxygens (including phenoxy) is 1. The lowest BCUT2D eigenvalue weighted by molar-refractivity contribution is -0.143. The highest BCUT2D eigenvalue weighted by Gasteiger charge is 2.47. The average molecular weight is 276 g/mol. The maximum atomic E-state index is 14.4. The third-order valence-corrected chi connectivity index (χ3v) is 4.00. The second-order valence-electron chi connectivity index (χ2n) is 5.16. The Bertz CT molecular complexity index is 656. The maximum absolute atomic E-state index is 14.4. The number of fused-ring (bicyclic) bond motifs is 2. The van der Waals surface area contributed by atoms with E-state index in [1.165, 1.54) is 25.3 Å². The first kappa shape index (κ1) is 13.0. The van der Waals surface area contributed by atoms with Gasteiger partial charge in [-0.15, -0.1) is 0 Å². The molecule has 0 radical (unpaired) electrons. The molecule has 0 spiro atoms. The molecule has 1 atom stereocenters. The largest absolute Gasteiger partial charge is 0.469 e. The molecule has 0 saturated carbocycles. The number of hydrogen-bond acceptors (Lipinski definition) is 2. The van der Waals surface area contributed by atoms with Crippen LogP contribution in [0.2, 0.25) is 0 Å². The van der Waals surface area contributed by atoms with Crippen molar-refractivity contribution in [3.8, 4) is 0 Å². The van der Waals surface area contributed by atoms with E-state index in [1.54, 1.807) is 6.07 Å². The van der Waals surface area contributed by atoms with Crippen LogP contribution in [0, 0.1) is 12.8 Å². The van der Waals surface area contributed by atoms with Gasteiger partial charge >= 0.3 is 5.97 Å². The second-order valence-corrected chi connectivity index (χ2v) is 5.16. The SMILES string of the molecule is COC(=O)C1C=CC2=C(C1)c1c(C)cccc1C2(F)F. The predicted octanol–water partition coefficient (Wildman–Crippen LogP) is 3.60. The van der Waals surface area contributed by atoms with Crippen LogP contribution in [0.1, 0.15) is 23.1 Å². The van der Waals surface area contributed by atoms with Gasteiger partial charge in [-0.3, -0.25) is 4.79 Å². The number of esters is 1. The maximum Gasteiger partial charge on any atom is 0.312 e. The van der Waals surface area contributed by atoms with E-state index >= 15 is 0 Å². The molecule has 0 bridgehead atoms. The molecule has 0 saturated heterocycles. The van der Waals surface area contributed by atoms with Crippen molar-refractivity contribution in [1.82, 2.24) is 0 Å². The molecule has 2 nitrogen and oxygen atoms in total.